The molecule has 0 aliphatic heterocycles. The molecule has 100 valence electrons. The van der Waals surface area contributed by atoms with Crippen LogP contribution < -0.4 is 0 Å². The van der Waals surface area contributed by atoms with E-state index in [1.807, 2.05) is 0 Å². The highest BCUT2D eigenvalue weighted by Gasteiger charge is 2.17. The number of aromatic nitrogens is 2. The SMILES string of the molecule is O=C(O)c1cc(-c2ccco2)nn1-c1ccc(F)cc1. The maximum Gasteiger partial charge on any atom is 0.354 e. The lowest BCUT2D eigenvalue weighted by atomic mass is 10.3. The predicted octanol–water partition coefficient (Wildman–Crippen LogP) is 2.97. The summed E-state index contributed by atoms with van der Waals surface area (Å²) in [7, 11) is 0. The molecule has 0 atom stereocenters. The first-order valence-electron chi connectivity index (χ1n) is 5.78. The van der Waals surface area contributed by atoms with E-state index in [0.717, 1.165) is 0 Å². The molecule has 1 aromatic carbocycles. The zero-order valence-electron chi connectivity index (χ0n) is 10.2. The van der Waals surface area contributed by atoms with Gasteiger partial charge in [0, 0.05) is 6.07 Å². The fraction of sp³-hybridized carbons (Fsp3) is 0. The Morgan fingerprint density at radius 1 is 1.25 bits per heavy atom. The molecule has 1 N–H and O–H groups in total. The molecule has 3 aromatic rings. The largest absolute Gasteiger partial charge is 0.477 e. The number of aromatic carboxylic acids is 1. The summed E-state index contributed by atoms with van der Waals surface area (Å²) in [5, 5.41) is 13.4. The van der Waals surface area contributed by atoms with Crippen LogP contribution in [0.2, 0.25) is 0 Å². The number of nitrogens with zero attached hydrogens (tertiary/aromatic N) is 2. The van der Waals surface area contributed by atoms with Crippen LogP contribution >= 0.6 is 0 Å². The Morgan fingerprint density at radius 2 is 2.00 bits per heavy atom. The van der Waals surface area contributed by atoms with Crippen molar-refractivity contribution in [2.24, 2.45) is 0 Å². The molecular weight excluding hydrogens is 263 g/mol. The van der Waals surface area contributed by atoms with Crippen LogP contribution in [0.3, 0.4) is 0 Å². The van der Waals surface area contributed by atoms with Crippen molar-refractivity contribution in [1.29, 1.82) is 0 Å². The summed E-state index contributed by atoms with van der Waals surface area (Å²) in [6, 6.07) is 10.2. The zero-order valence-corrected chi connectivity index (χ0v) is 10.2. The Morgan fingerprint density at radius 3 is 2.60 bits per heavy atom. The second-order valence-corrected chi connectivity index (χ2v) is 4.09. The monoisotopic (exact) mass is 272 g/mol. The summed E-state index contributed by atoms with van der Waals surface area (Å²) in [6.07, 6.45) is 1.48. The van der Waals surface area contributed by atoms with Gasteiger partial charge < -0.3 is 9.52 Å². The van der Waals surface area contributed by atoms with Crippen LogP contribution in [0.1, 0.15) is 10.5 Å². The molecule has 2 aromatic heterocycles. The van der Waals surface area contributed by atoms with E-state index in [-0.39, 0.29) is 5.69 Å². The Kier molecular flexibility index (Phi) is 2.83. The van der Waals surface area contributed by atoms with E-state index < -0.39 is 11.8 Å². The Hall–Kier alpha value is -2.89. The summed E-state index contributed by atoms with van der Waals surface area (Å²) in [5.41, 5.74) is 0.835. The maximum absolute atomic E-state index is 12.9. The van der Waals surface area contributed by atoms with Gasteiger partial charge in [0.25, 0.3) is 0 Å². The highest BCUT2D eigenvalue weighted by Crippen LogP contribution is 2.22. The minimum Gasteiger partial charge on any atom is -0.477 e. The van der Waals surface area contributed by atoms with E-state index in [4.69, 9.17) is 4.42 Å². The molecule has 0 fully saturated rings. The van der Waals surface area contributed by atoms with Gasteiger partial charge in [-0.25, -0.2) is 13.9 Å². The number of carboxylic acid groups (broad SMARTS) is 1. The van der Waals surface area contributed by atoms with Crippen molar-refractivity contribution >= 4 is 5.97 Å². The number of hydrogen-bond acceptors (Lipinski definition) is 3. The highest BCUT2D eigenvalue weighted by atomic mass is 19.1. The first-order chi connectivity index (χ1) is 9.65. The third kappa shape index (κ3) is 2.07. The number of rotatable bonds is 3. The van der Waals surface area contributed by atoms with Gasteiger partial charge in [-0.1, -0.05) is 0 Å². The lowest BCUT2D eigenvalue weighted by Gasteiger charge is -2.03. The third-order valence-electron chi connectivity index (χ3n) is 2.77. The average molecular weight is 272 g/mol. The molecule has 0 unspecified atom stereocenters. The van der Waals surface area contributed by atoms with Crippen LogP contribution in [-0.2, 0) is 0 Å². The molecule has 3 rings (SSSR count). The third-order valence-corrected chi connectivity index (χ3v) is 2.77. The second-order valence-electron chi connectivity index (χ2n) is 4.09. The molecule has 20 heavy (non-hydrogen) atoms. The van der Waals surface area contributed by atoms with Crippen LogP contribution in [0.4, 0.5) is 4.39 Å². The lowest BCUT2D eigenvalue weighted by Crippen LogP contribution is -2.07. The topological polar surface area (TPSA) is 68.3 Å². The van der Waals surface area contributed by atoms with E-state index in [1.165, 1.54) is 41.3 Å². The minimum atomic E-state index is -1.13. The Labute approximate surface area is 112 Å². The van der Waals surface area contributed by atoms with Crippen molar-refractivity contribution in [2.75, 3.05) is 0 Å². The lowest BCUT2D eigenvalue weighted by molar-refractivity contribution is 0.0687. The van der Waals surface area contributed by atoms with Crippen molar-refractivity contribution < 1.29 is 18.7 Å². The van der Waals surface area contributed by atoms with Crippen molar-refractivity contribution in [3.05, 3.63) is 60.2 Å². The van der Waals surface area contributed by atoms with Gasteiger partial charge >= 0.3 is 5.97 Å². The van der Waals surface area contributed by atoms with Crippen molar-refractivity contribution in [3.8, 4) is 17.1 Å². The number of furan rings is 1. The quantitative estimate of drug-likeness (QED) is 0.795. The smallest absolute Gasteiger partial charge is 0.354 e. The minimum absolute atomic E-state index is 0.0250. The van der Waals surface area contributed by atoms with Crippen molar-refractivity contribution in [3.63, 3.8) is 0 Å². The van der Waals surface area contributed by atoms with Crippen LogP contribution in [0, 0.1) is 5.82 Å². The standard InChI is InChI=1S/C14H9FN2O3/c15-9-3-5-10(6-4-9)17-12(14(18)19)8-11(16-17)13-2-1-7-20-13/h1-8H,(H,18,19). The molecule has 0 saturated carbocycles. The molecule has 0 aliphatic rings. The summed E-state index contributed by atoms with van der Waals surface area (Å²) in [5.74, 6) is -1.06. The summed E-state index contributed by atoms with van der Waals surface area (Å²) in [6.45, 7) is 0. The number of carboxylic acids is 1. The molecule has 0 amide bonds. The number of carbonyl (C=O) groups is 1. The Bertz CT molecular complexity index is 745. The summed E-state index contributed by atoms with van der Waals surface area (Å²) < 4.78 is 19.4. The zero-order chi connectivity index (χ0) is 14.1. The van der Waals surface area contributed by atoms with Gasteiger partial charge in [0.2, 0.25) is 0 Å². The van der Waals surface area contributed by atoms with E-state index in [0.29, 0.717) is 17.1 Å². The number of halogens is 1. The predicted molar refractivity (Wildman–Crippen MR) is 68.2 cm³/mol. The fourth-order valence-corrected chi connectivity index (χ4v) is 1.86. The molecule has 6 heteroatoms. The van der Waals surface area contributed by atoms with Gasteiger partial charge in [0.05, 0.1) is 12.0 Å². The number of benzene rings is 1. The normalized spacial score (nSPS) is 10.7. The second kappa shape index (κ2) is 4.65. The molecule has 0 spiro atoms. The van der Waals surface area contributed by atoms with Crippen molar-refractivity contribution in [2.45, 2.75) is 0 Å². The summed E-state index contributed by atoms with van der Waals surface area (Å²) in [4.78, 5) is 11.3. The highest BCUT2D eigenvalue weighted by molar-refractivity contribution is 5.87. The molecule has 0 radical (unpaired) electrons. The van der Waals surface area contributed by atoms with Crippen LogP contribution in [0.25, 0.3) is 17.1 Å². The van der Waals surface area contributed by atoms with Gasteiger partial charge in [-0.15, -0.1) is 0 Å². The fourth-order valence-electron chi connectivity index (χ4n) is 1.86. The van der Waals surface area contributed by atoms with Gasteiger partial charge in [-0.05, 0) is 36.4 Å². The molecule has 5 nitrogen and oxygen atoms in total. The molecule has 0 bridgehead atoms. The Balaban J connectivity index is 2.14. The van der Waals surface area contributed by atoms with Crippen LogP contribution in [-0.4, -0.2) is 20.9 Å². The first kappa shape index (κ1) is 12.2. The van der Waals surface area contributed by atoms with Gasteiger partial charge in [-0.3, -0.25) is 0 Å². The average Bonchev–Trinajstić information content (AvgIpc) is 3.08. The van der Waals surface area contributed by atoms with Crippen LogP contribution in [0.15, 0.2) is 53.1 Å². The van der Waals surface area contributed by atoms with Gasteiger partial charge in [0.15, 0.2) is 11.5 Å². The van der Waals surface area contributed by atoms with Gasteiger partial charge in [-0.2, -0.15) is 5.10 Å². The molecule has 0 aliphatic carbocycles. The van der Waals surface area contributed by atoms with Crippen LogP contribution in [0.5, 0.6) is 0 Å². The first-order valence-corrected chi connectivity index (χ1v) is 5.78. The molecule has 0 saturated heterocycles. The summed E-state index contributed by atoms with van der Waals surface area (Å²) >= 11 is 0. The van der Waals surface area contributed by atoms with E-state index >= 15 is 0 Å². The van der Waals surface area contributed by atoms with E-state index in [9.17, 15) is 14.3 Å². The maximum atomic E-state index is 12.9. The van der Waals surface area contributed by atoms with Crippen molar-refractivity contribution in [1.82, 2.24) is 9.78 Å². The molecular formula is C14H9FN2O3. The van der Waals surface area contributed by atoms with E-state index in [1.54, 1.807) is 12.1 Å². The number of hydrogen-bond donors (Lipinski definition) is 1. The van der Waals surface area contributed by atoms with E-state index in [2.05, 4.69) is 5.10 Å². The van der Waals surface area contributed by atoms with Gasteiger partial charge in [0.1, 0.15) is 11.5 Å². The molecule has 2 heterocycles.